The van der Waals surface area contributed by atoms with E-state index in [0.29, 0.717) is 12.8 Å². The number of aliphatic hydroxyl groups excluding tert-OH is 1. The van der Waals surface area contributed by atoms with Gasteiger partial charge in [0.2, 0.25) is 0 Å². The lowest BCUT2D eigenvalue weighted by atomic mass is 9.56. The van der Waals surface area contributed by atoms with Gasteiger partial charge in [-0.3, -0.25) is 0 Å². The van der Waals surface area contributed by atoms with Crippen molar-refractivity contribution in [2.75, 3.05) is 0 Å². The van der Waals surface area contributed by atoms with Crippen LogP contribution in [0.3, 0.4) is 0 Å². The van der Waals surface area contributed by atoms with Crippen molar-refractivity contribution >= 4 is 0 Å². The first-order chi connectivity index (χ1) is 8.38. The molecule has 2 aliphatic rings. The van der Waals surface area contributed by atoms with Crippen molar-refractivity contribution in [3.63, 3.8) is 0 Å². The summed E-state index contributed by atoms with van der Waals surface area (Å²) in [6, 6.07) is 0. The molecule has 0 aromatic carbocycles. The number of hydrogen-bond acceptors (Lipinski definition) is 3. The van der Waals surface area contributed by atoms with Crippen LogP contribution in [-0.4, -0.2) is 15.8 Å². The van der Waals surface area contributed by atoms with Gasteiger partial charge in [0, 0.05) is 17.4 Å². The molecule has 0 saturated carbocycles. The average Bonchev–Trinajstić information content (AvgIpc) is 2.65. The summed E-state index contributed by atoms with van der Waals surface area (Å²) in [4.78, 5) is 0. The molecule has 3 nitrogen and oxygen atoms in total. The molecular weight excluding hydrogens is 228 g/mol. The molecule has 1 heterocycles. The predicted molar refractivity (Wildman–Crippen MR) is 68.2 cm³/mol. The van der Waals surface area contributed by atoms with Gasteiger partial charge in [0.1, 0.15) is 5.76 Å². The zero-order valence-electron chi connectivity index (χ0n) is 11.2. The Morgan fingerprint density at radius 2 is 2.11 bits per heavy atom. The third kappa shape index (κ3) is 1.26. The number of fused-ring (bicyclic) bond motifs is 2. The van der Waals surface area contributed by atoms with Crippen molar-refractivity contribution in [1.29, 1.82) is 0 Å². The Labute approximate surface area is 107 Å². The van der Waals surface area contributed by atoms with Crippen LogP contribution in [0.15, 0.2) is 22.3 Å². The number of furan rings is 1. The molecule has 2 N–H and O–H groups in total. The fourth-order valence-corrected chi connectivity index (χ4v) is 3.54. The van der Waals surface area contributed by atoms with Gasteiger partial charge in [-0.05, 0) is 32.3 Å². The van der Waals surface area contributed by atoms with E-state index < -0.39 is 17.1 Å². The third-order valence-corrected chi connectivity index (χ3v) is 5.08. The van der Waals surface area contributed by atoms with E-state index in [1.165, 1.54) is 0 Å². The van der Waals surface area contributed by atoms with E-state index in [4.69, 9.17) is 4.42 Å². The van der Waals surface area contributed by atoms with Gasteiger partial charge >= 0.3 is 0 Å². The van der Waals surface area contributed by atoms with Crippen molar-refractivity contribution < 1.29 is 14.6 Å². The SMILES string of the molecule is Cc1coc2c1[C@@H](O)[C@@]1(C)C(=CCC[C@@]1(C)O)C2. The zero-order chi connectivity index (χ0) is 13.1. The van der Waals surface area contributed by atoms with Crippen LogP contribution in [0, 0.1) is 12.3 Å². The fraction of sp³-hybridized carbons (Fsp3) is 0.600. The molecule has 98 valence electrons. The van der Waals surface area contributed by atoms with E-state index in [0.717, 1.165) is 28.9 Å². The van der Waals surface area contributed by atoms with E-state index >= 15 is 0 Å². The Morgan fingerprint density at radius 1 is 1.39 bits per heavy atom. The molecule has 3 atom stereocenters. The Morgan fingerprint density at radius 3 is 2.83 bits per heavy atom. The highest BCUT2D eigenvalue weighted by atomic mass is 16.3. The summed E-state index contributed by atoms with van der Waals surface area (Å²) < 4.78 is 5.54. The minimum Gasteiger partial charge on any atom is -0.468 e. The van der Waals surface area contributed by atoms with Gasteiger partial charge in [0.05, 0.1) is 18.0 Å². The van der Waals surface area contributed by atoms with Crippen molar-refractivity contribution in [2.45, 2.75) is 51.7 Å². The van der Waals surface area contributed by atoms with E-state index in [9.17, 15) is 10.2 Å². The van der Waals surface area contributed by atoms with Crippen molar-refractivity contribution in [3.05, 3.63) is 34.8 Å². The normalized spacial score (nSPS) is 38.9. The minimum absolute atomic E-state index is 0.604. The van der Waals surface area contributed by atoms with Crippen LogP contribution in [-0.2, 0) is 6.42 Å². The standard InChI is InChI=1S/C15H20O3/c1-9-8-18-11-7-10-5-4-6-14(2,17)15(10,3)13(16)12(9)11/h5,8,13,16-17H,4,6-7H2,1-3H3/t13-,14-,15-/m1/s1. The number of aryl methyl sites for hydroxylation is 1. The highest BCUT2D eigenvalue weighted by Crippen LogP contribution is 2.57. The molecule has 18 heavy (non-hydrogen) atoms. The summed E-state index contributed by atoms with van der Waals surface area (Å²) in [6.07, 6.45) is 5.41. The van der Waals surface area contributed by atoms with E-state index in [2.05, 4.69) is 6.08 Å². The zero-order valence-corrected chi connectivity index (χ0v) is 11.2. The monoisotopic (exact) mass is 248 g/mol. The lowest BCUT2D eigenvalue weighted by molar-refractivity contribution is -0.119. The molecule has 0 fully saturated rings. The topological polar surface area (TPSA) is 53.6 Å². The summed E-state index contributed by atoms with van der Waals surface area (Å²) in [7, 11) is 0. The molecule has 1 aromatic heterocycles. The first kappa shape index (κ1) is 12.0. The molecule has 0 spiro atoms. The van der Waals surface area contributed by atoms with Crippen LogP contribution in [0.25, 0.3) is 0 Å². The van der Waals surface area contributed by atoms with Crippen molar-refractivity contribution in [3.8, 4) is 0 Å². The number of rotatable bonds is 0. The molecular formula is C15H20O3. The summed E-state index contributed by atoms with van der Waals surface area (Å²) in [5.74, 6) is 0.849. The van der Waals surface area contributed by atoms with Crippen molar-refractivity contribution in [2.24, 2.45) is 5.41 Å². The molecule has 0 saturated heterocycles. The van der Waals surface area contributed by atoms with Gasteiger partial charge in [-0.25, -0.2) is 0 Å². The molecule has 0 radical (unpaired) electrons. The second-order valence-electron chi connectivity index (χ2n) is 6.08. The summed E-state index contributed by atoms with van der Waals surface area (Å²) >= 11 is 0. The summed E-state index contributed by atoms with van der Waals surface area (Å²) in [5, 5.41) is 21.5. The van der Waals surface area contributed by atoms with Gasteiger partial charge in [0.25, 0.3) is 0 Å². The highest BCUT2D eigenvalue weighted by molar-refractivity contribution is 5.43. The van der Waals surface area contributed by atoms with Gasteiger partial charge in [-0.1, -0.05) is 18.6 Å². The summed E-state index contributed by atoms with van der Waals surface area (Å²) in [5.41, 5.74) is 1.47. The molecule has 0 amide bonds. The van der Waals surface area contributed by atoms with Crippen LogP contribution in [0.1, 0.15) is 49.7 Å². The molecule has 3 heteroatoms. The molecule has 0 unspecified atom stereocenters. The Hall–Kier alpha value is -1.06. The first-order valence-corrected chi connectivity index (χ1v) is 6.55. The second-order valence-corrected chi connectivity index (χ2v) is 6.08. The molecule has 0 bridgehead atoms. The largest absolute Gasteiger partial charge is 0.468 e. The lowest BCUT2D eigenvalue weighted by Gasteiger charge is -2.52. The van der Waals surface area contributed by atoms with E-state index in [1.807, 2.05) is 20.8 Å². The number of aliphatic hydroxyl groups is 2. The van der Waals surface area contributed by atoms with Crippen LogP contribution < -0.4 is 0 Å². The fourth-order valence-electron chi connectivity index (χ4n) is 3.54. The maximum atomic E-state index is 10.8. The van der Waals surface area contributed by atoms with E-state index in [-0.39, 0.29) is 0 Å². The second kappa shape index (κ2) is 3.49. The quantitative estimate of drug-likeness (QED) is 0.694. The number of allylic oxidation sites excluding steroid dienone is 1. The van der Waals surface area contributed by atoms with Crippen LogP contribution in [0.5, 0.6) is 0 Å². The molecule has 2 aliphatic carbocycles. The summed E-state index contributed by atoms with van der Waals surface area (Å²) in [6.45, 7) is 5.75. The predicted octanol–water partition coefficient (Wildman–Crippen LogP) is 2.66. The molecule has 3 rings (SSSR count). The average molecular weight is 248 g/mol. The van der Waals surface area contributed by atoms with Crippen LogP contribution >= 0.6 is 0 Å². The Bertz CT molecular complexity index is 524. The Kier molecular flexibility index (Phi) is 2.32. The van der Waals surface area contributed by atoms with Gasteiger partial charge in [-0.2, -0.15) is 0 Å². The third-order valence-electron chi connectivity index (χ3n) is 5.08. The van der Waals surface area contributed by atoms with E-state index in [1.54, 1.807) is 6.26 Å². The first-order valence-electron chi connectivity index (χ1n) is 6.55. The van der Waals surface area contributed by atoms with Gasteiger partial charge < -0.3 is 14.6 Å². The maximum absolute atomic E-state index is 10.8. The molecule has 1 aromatic rings. The highest BCUT2D eigenvalue weighted by Gasteiger charge is 2.55. The van der Waals surface area contributed by atoms with Crippen LogP contribution in [0.4, 0.5) is 0 Å². The van der Waals surface area contributed by atoms with Gasteiger partial charge in [-0.15, -0.1) is 0 Å². The lowest BCUT2D eigenvalue weighted by Crippen LogP contribution is -2.52. The Balaban J connectivity index is 2.21. The smallest absolute Gasteiger partial charge is 0.113 e. The van der Waals surface area contributed by atoms with Crippen LogP contribution in [0.2, 0.25) is 0 Å². The molecule has 0 aliphatic heterocycles. The van der Waals surface area contributed by atoms with Crippen molar-refractivity contribution in [1.82, 2.24) is 0 Å². The van der Waals surface area contributed by atoms with Gasteiger partial charge in [0.15, 0.2) is 0 Å². The minimum atomic E-state index is -0.877. The maximum Gasteiger partial charge on any atom is 0.113 e. The number of hydrogen-bond donors (Lipinski definition) is 2.